The van der Waals surface area contributed by atoms with Crippen LogP contribution < -0.4 is 5.32 Å². The van der Waals surface area contributed by atoms with Crippen molar-refractivity contribution in [2.45, 2.75) is 20.4 Å². The maximum Gasteiger partial charge on any atom is 0.137 e. The smallest absolute Gasteiger partial charge is 0.137 e. The van der Waals surface area contributed by atoms with Gasteiger partial charge in [-0.05, 0) is 33.6 Å². The zero-order chi connectivity index (χ0) is 12.2. The van der Waals surface area contributed by atoms with Crippen LogP contribution in [0.25, 0.3) is 0 Å². The highest BCUT2D eigenvalue weighted by Crippen LogP contribution is 2.17. The Hall–Kier alpha value is -0.450. The maximum absolute atomic E-state index is 13.0. The average Bonchev–Trinajstić information content (AvgIpc) is 2.23. The molecular formula is C12H17BrFNO. The number of nitrogens with one attached hydrogen (secondary N) is 1. The fraction of sp³-hybridized carbons (Fsp3) is 0.500. The lowest BCUT2D eigenvalue weighted by Gasteiger charge is -2.21. The lowest BCUT2D eigenvalue weighted by Crippen LogP contribution is -2.31. The third-order valence-electron chi connectivity index (χ3n) is 2.34. The Labute approximate surface area is 104 Å². The summed E-state index contributed by atoms with van der Waals surface area (Å²) in [7, 11) is 0. The highest BCUT2D eigenvalue weighted by molar-refractivity contribution is 9.10. The number of aliphatic hydroxyl groups is 1. The van der Waals surface area contributed by atoms with Crippen molar-refractivity contribution in [2.75, 3.05) is 13.2 Å². The molecule has 0 heterocycles. The van der Waals surface area contributed by atoms with Gasteiger partial charge in [0, 0.05) is 25.1 Å². The quantitative estimate of drug-likeness (QED) is 0.874. The first-order chi connectivity index (χ1) is 7.44. The van der Waals surface area contributed by atoms with Gasteiger partial charge >= 0.3 is 0 Å². The van der Waals surface area contributed by atoms with E-state index in [0.717, 1.165) is 12.1 Å². The molecule has 0 aliphatic carbocycles. The average molecular weight is 290 g/mol. The molecule has 0 saturated heterocycles. The van der Waals surface area contributed by atoms with Gasteiger partial charge in [-0.1, -0.05) is 19.9 Å². The molecule has 0 bridgehead atoms. The number of benzene rings is 1. The predicted molar refractivity (Wildman–Crippen MR) is 66.7 cm³/mol. The molecule has 2 nitrogen and oxygen atoms in total. The lowest BCUT2D eigenvalue weighted by atomic mass is 9.95. The van der Waals surface area contributed by atoms with Crippen molar-refractivity contribution in [1.82, 2.24) is 5.32 Å². The van der Waals surface area contributed by atoms with Crippen molar-refractivity contribution in [2.24, 2.45) is 5.41 Å². The molecule has 0 radical (unpaired) electrons. The van der Waals surface area contributed by atoms with Gasteiger partial charge in [0.05, 0.1) is 4.47 Å². The SMILES string of the molecule is CC(C)(CO)CNCc1ccc(F)c(Br)c1. The van der Waals surface area contributed by atoms with E-state index in [4.69, 9.17) is 5.11 Å². The molecule has 4 heteroatoms. The Morgan fingerprint density at radius 3 is 2.69 bits per heavy atom. The summed E-state index contributed by atoms with van der Waals surface area (Å²) in [6.45, 7) is 5.51. The molecule has 0 amide bonds. The number of halogens is 2. The first-order valence-electron chi connectivity index (χ1n) is 5.20. The molecule has 90 valence electrons. The summed E-state index contributed by atoms with van der Waals surface area (Å²) in [4.78, 5) is 0. The Morgan fingerprint density at radius 2 is 2.12 bits per heavy atom. The molecule has 0 aromatic heterocycles. The Kier molecular flexibility index (Phi) is 4.89. The fourth-order valence-electron chi connectivity index (χ4n) is 1.25. The molecular weight excluding hydrogens is 273 g/mol. The zero-order valence-corrected chi connectivity index (χ0v) is 11.1. The summed E-state index contributed by atoms with van der Waals surface area (Å²) < 4.78 is 13.4. The lowest BCUT2D eigenvalue weighted by molar-refractivity contribution is 0.156. The Bertz CT molecular complexity index is 355. The van der Waals surface area contributed by atoms with Gasteiger partial charge in [0.2, 0.25) is 0 Å². The zero-order valence-electron chi connectivity index (χ0n) is 9.56. The van der Waals surface area contributed by atoms with E-state index < -0.39 is 0 Å². The maximum atomic E-state index is 13.0. The first kappa shape index (κ1) is 13.6. The number of hydrogen-bond acceptors (Lipinski definition) is 2. The van der Waals surface area contributed by atoms with Crippen molar-refractivity contribution in [1.29, 1.82) is 0 Å². The van der Waals surface area contributed by atoms with Crippen molar-refractivity contribution in [3.63, 3.8) is 0 Å². The van der Waals surface area contributed by atoms with Crippen molar-refractivity contribution in [3.05, 3.63) is 34.1 Å². The molecule has 1 aromatic carbocycles. The van der Waals surface area contributed by atoms with E-state index in [1.165, 1.54) is 6.07 Å². The van der Waals surface area contributed by atoms with E-state index in [2.05, 4.69) is 21.2 Å². The number of rotatable bonds is 5. The second-order valence-electron chi connectivity index (χ2n) is 4.67. The highest BCUT2D eigenvalue weighted by Gasteiger charge is 2.15. The van der Waals surface area contributed by atoms with E-state index in [0.29, 0.717) is 11.0 Å². The highest BCUT2D eigenvalue weighted by atomic mass is 79.9. The van der Waals surface area contributed by atoms with Crippen LogP contribution in [0.1, 0.15) is 19.4 Å². The largest absolute Gasteiger partial charge is 0.396 e. The summed E-state index contributed by atoms with van der Waals surface area (Å²) in [5.41, 5.74) is 0.888. The molecule has 16 heavy (non-hydrogen) atoms. The van der Waals surface area contributed by atoms with Crippen LogP contribution in [-0.4, -0.2) is 18.3 Å². The summed E-state index contributed by atoms with van der Waals surface area (Å²) in [5, 5.41) is 12.3. The van der Waals surface area contributed by atoms with Crippen molar-refractivity contribution < 1.29 is 9.50 Å². The van der Waals surface area contributed by atoms with E-state index in [9.17, 15) is 4.39 Å². The van der Waals surface area contributed by atoms with Crippen LogP contribution in [0.3, 0.4) is 0 Å². The van der Waals surface area contributed by atoms with Gasteiger partial charge in [0.1, 0.15) is 5.82 Å². The van der Waals surface area contributed by atoms with Gasteiger partial charge in [-0.3, -0.25) is 0 Å². The normalized spacial score (nSPS) is 11.8. The van der Waals surface area contributed by atoms with E-state index in [-0.39, 0.29) is 17.8 Å². The molecule has 0 aliphatic heterocycles. The Morgan fingerprint density at radius 1 is 1.44 bits per heavy atom. The third kappa shape index (κ3) is 4.20. The van der Waals surface area contributed by atoms with Crippen LogP contribution in [0.15, 0.2) is 22.7 Å². The number of aliphatic hydroxyl groups excluding tert-OH is 1. The molecule has 0 unspecified atom stereocenters. The third-order valence-corrected chi connectivity index (χ3v) is 2.95. The first-order valence-corrected chi connectivity index (χ1v) is 5.99. The topological polar surface area (TPSA) is 32.3 Å². The van der Waals surface area contributed by atoms with E-state index >= 15 is 0 Å². The van der Waals surface area contributed by atoms with Crippen LogP contribution in [0.2, 0.25) is 0 Å². The standard InChI is InChI=1S/C12H17BrFNO/c1-12(2,8-16)7-15-6-9-3-4-11(14)10(13)5-9/h3-5,15-16H,6-8H2,1-2H3. The molecule has 0 aliphatic rings. The molecule has 0 saturated carbocycles. The monoisotopic (exact) mass is 289 g/mol. The van der Waals surface area contributed by atoms with Gasteiger partial charge in [0.15, 0.2) is 0 Å². The van der Waals surface area contributed by atoms with Crippen LogP contribution in [0.4, 0.5) is 4.39 Å². The summed E-state index contributed by atoms with van der Waals surface area (Å²) >= 11 is 3.15. The predicted octanol–water partition coefficient (Wildman–Crippen LogP) is 2.70. The Balaban J connectivity index is 2.46. The molecule has 0 fully saturated rings. The second-order valence-corrected chi connectivity index (χ2v) is 5.53. The van der Waals surface area contributed by atoms with Crippen LogP contribution in [-0.2, 0) is 6.54 Å². The van der Waals surface area contributed by atoms with Crippen molar-refractivity contribution >= 4 is 15.9 Å². The van der Waals surface area contributed by atoms with Crippen molar-refractivity contribution in [3.8, 4) is 0 Å². The minimum Gasteiger partial charge on any atom is -0.396 e. The second kappa shape index (κ2) is 5.75. The minimum atomic E-state index is -0.251. The van der Waals surface area contributed by atoms with Gasteiger partial charge in [-0.2, -0.15) is 0 Å². The van der Waals surface area contributed by atoms with Gasteiger partial charge < -0.3 is 10.4 Å². The summed E-state index contributed by atoms with van der Waals surface area (Å²) in [5.74, 6) is -0.251. The molecule has 0 spiro atoms. The van der Waals surface area contributed by atoms with Gasteiger partial charge in [-0.15, -0.1) is 0 Å². The van der Waals surface area contributed by atoms with E-state index in [1.54, 1.807) is 12.1 Å². The molecule has 1 rings (SSSR count). The minimum absolute atomic E-state index is 0.128. The van der Waals surface area contributed by atoms with Crippen LogP contribution >= 0.6 is 15.9 Å². The molecule has 2 N–H and O–H groups in total. The van der Waals surface area contributed by atoms with Crippen LogP contribution in [0.5, 0.6) is 0 Å². The van der Waals surface area contributed by atoms with E-state index in [1.807, 2.05) is 13.8 Å². The number of hydrogen-bond donors (Lipinski definition) is 2. The van der Waals surface area contributed by atoms with Gasteiger partial charge in [-0.25, -0.2) is 4.39 Å². The molecule has 1 aromatic rings. The summed E-state index contributed by atoms with van der Waals surface area (Å²) in [6.07, 6.45) is 0. The van der Waals surface area contributed by atoms with Gasteiger partial charge in [0.25, 0.3) is 0 Å². The summed E-state index contributed by atoms with van der Waals surface area (Å²) in [6, 6.07) is 4.95. The molecule has 0 atom stereocenters. The van der Waals surface area contributed by atoms with Crippen LogP contribution in [0, 0.1) is 11.2 Å². The fourth-order valence-corrected chi connectivity index (χ4v) is 1.68.